The predicted molar refractivity (Wildman–Crippen MR) is 88.1 cm³/mol. The van der Waals surface area contributed by atoms with Crippen LogP contribution in [-0.2, 0) is 19.4 Å². The lowest BCUT2D eigenvalue weighted by Gasteiger charge is -2.24. The SMILES string of the molecule is CCc1noc(CC)c1CNC(=O)NC1CCCCCC1CO. The molecule has 0 aliphatic heterocycles. The first-order valence-corrected chi connectivity index (χ1v) is 8.81. The molecule has 1 saturated carbocycles. The van der Waals surface area contributed by atoms with E-state index in [1.165, 1.54) is 6.42 Å². The highest BCUT2D eigenvalue weighted by Gasteiger charge is 2.24. The van der Waals surface area contributed by atoms with Gasteiger partial charge in [-0.1, -0.05) is 38.3 Å². The summed E-state index contributed by atoms with van der Waals surface area (Å²) in [6.07, 6.45) is 6.88. The van der Waals surface area contributed by atoms with E-state index in [-0.39, 0.29) is 24.6 Å². The van der Waals surface area contributed by atoms with Crippen LogP contribution in [0.15, 0.2) is 4.52 Å². The van der Waals surface area contributed by atoms with Gasteiger partial charge in [0.2, 0.25) is 0 Å². The quantitative estimate of drug-likeness (QED) is 0.702. The number of amides is 2. The van der Waals surface area contributed by atoms with Gasteiger partial charge in [0.05, 0.1) is 5.69 Å². The smallest absolute Gasteiger partial charge is 0.315 e. The van der Waals surface area contributed by atoms with Crippen LogP contribution in [0.2, 0.25) is 0 Å². The van der Waals surface area contributed by atoms with E-state index in [0.29, 0.717) is 6.54 Å². The van der Waals surface area contributed by atoms with Gasteiger partial charge in [0.15, 0.2) is 0 Å². The van der Waals surface area contributed by atoms with Crippen LogP contribution < -0.4 is 10.6 Å². The molecule has 2 unspecified atom stereocenters. The Labute approximate surface area is 138 Å². The zero-order chi connectivity index (χ0) is 16.7. The molecule has 0 bridgehead atoms. The molecule has 1 heterocycles. The number of carbonyl (C=O) groups excluding carboxylic acids is 1. The van der Waals surface area contributed by atoms with Crippen molar-refractivity contribution in [3.05, 3.63) is 17.0 Å². The van der Waals surface area contributed by atoms with Gasteiger partial charge in [-0.3, -0.25) is 0 Å². The van der Waals surface area contributed by atoms with E-state index in [4.69, 9.17) is 4.52 Å². The number of hydrogen-bond donors (Lipinski definition) is 3. The fraction of sp³-hybridized carbons (Fsp3) is 0.765. The third-order valence-corrected chi connectivity index (χ3v) is 4.74. The van der Waals surface area contributed by atoms with E-state index in [9.17, 15) is 9.90 Å². The number of aliphatic hydroxyl groups is 1. The van der Waals surface area contributed by atoms with Gasteiger partial charge in [-0.05, 0) is 19.3 Å². The van der Waals surface area contributed by atoms with Gasteiger partial charge in [0.1, 0.15) is 5.76 Å². The number of rotatable bonds is 6. The Kier molecular flexibility index (Phi) is 6.89. The zero-order valence-electron chi connectivity index (χ0n) is 14.2. The Hall–Kier alpha value is -1.56. The summed E-state index contributed by atoms with van der Waals surface area (Å²) in [6, 6.07) is -0.123. The molecule has 1 aliphatic rings. The van der Waals surface area contributed by atoms with Gasteiger partial charge in [-0.2, -0.15) is 0 Å². The van der Waals surface area contributed by atoms with E-state index in [1.807, 2.05) is 13.8 Å². The van der Waals surface area contributed by atoms with Crippen LogP contribution in [-0.4, -0.2) is 28.9 Å². The molecular weight excluding hydrogens is 294 g/mol. The van der Waals surface area contributed by atoms with Crippen LogP contribution in [0.1, 0.15) is 63.0 Å². The molecule has 0 aromatic carbocycles. The Morgan fingerprint density at radius 2 is 2.04 bits per heavy atom. The van der Waals surface area contributed by atoms with Crippen molar-refractivity contribution in [2.45, 2.75) is 71.4 Å². The van der Waals surface area contributed by atoms with Crippen molar-refractivity contribution in [1.82, 2.24) is 15.8 Å². The average Bonchev–Trinajstić information content (AvgIpc) is 2.83. The summed E-state index contributed by atoms with van der Waals surface area (Å²) in [5, 5.41) is 19.5. The lowest BCUT2D eigenvalue weighted by atomic mass is 9.96. The highest BCUT2D eigenvalue weighted by molar-refractivity contribution is 5.74. The standard InChI is InChI=1S/C17H29N3O3/c1-3-14-13(16(4-2)23-20-14)10-18-17(22)19-15-9-7-5-6-8-12(15)11-21/h12,15,21H,3-11H2,1-2H3,(H2,18,19,22). The van der Waals surface area contributed by atoms with Gasteiger partial charge in [0.25, 0.3) is 0 Å². The van der Waals surface area contributed by atoms with Crippen LogP contribution >= 0.6 is 0 Å². The third kappa shape index (κ3) is 4.70. The molecule has 0 radical (unpaired) electrons. The summed E-state index contributed by atoms with van der Waals surface area (Å²) >= 11 is 0. The van der Waals surface area contributed by atoms with Crippen molar-refractivity contribution >= 4 is 6.03 Å². The van der Waals surface area contributed by atoms with Crippen LogP contribution in [0, 0.1) is 5.92 Å². The fourth-order valence-electron chi connectivity index (χ4n) is 3.32. The van der Waals surface area contributed by atoms with Crippen molar-refractivity contribution in [2.24, 2.45) is 5.92 Å². The van der Waals surface area contributed by atoms with Crippen molar-refractivity contribution in [2.75, 3.05) is 6.61 Å². The summed E-state index contributed by atoms with van der Waals surface area (Å²) in [4.78, 5) is 12.2. The van der Waals surface area contributed by atoms with E-state index in [0.717, 1.165) is 55.5 Å². The molecule has 0 spiro atoms. The van der Waals surface area contributed by atoms with Crippen molar-refractivity contribution in [3.8, 4) is 0 Å². The van der Waals surface area contributed by atoms with E-state index in [1.54, 1.807) is 0 Å². The topological polar surface area (TPSA) is 87.4 Å². The molecule has 6 heteroatoms. The number of hydrogen-bond acceptors (Lipinski definition) is 4. The van der Waals surface area contributed by atoms with Gasteiger partial charge < -0.3 is 20.3 Å². The van der Waals surface area contributed by atoms with Crippen molar-refractivity contribution < 1.29 is 14.4 Å². The molecule has 130 valence electrons. The highest BCUT2D eigenvalue weighted by atomic mass is 16.5. The first-order valence-electron chi connectivity index (χ1n) is 8.81. The minimum atomic E-state index is -0.180. The summed E-state index contributed by atoms with van der Waals surface area (Å²) in [7, 11) is 0. The summed E-state index contributed by atoms with van der Waals surface area (Å²) in [5.41, 5.74) is 1.90. The first kappa shape index (κ1) is 17.8. The molecule has 23 heavy (non-hydrogen) atoms. The first-order chi connectivity index (χ1) is 11.2. The second-order valence-electron chi connectivity index (χ2n) is 6.25. The monoisotopic (exact) mass is 323 g/mol. The molecule has 3 N–H and O–H groups in total. The molecule has 2 rings (SSSR count). The number of aliphatic hydroxyl groups excluding tert-OH is 1. The lowest BCUT2D eigenvalue weighted by Crippen LogP contribution is -2.46. The summed E-state index contributed by atoms with van der Waals surface area (Å²) in [6.45, 7) is 4.61. The third-order valence-electron chi connectivity index (χ3n) is 4.74. The Morgan fingerprint density at radius 1 is 1.26 bits per heavy atom. The van der Waals surface area contributed by atoms with E-state index in [2.05, 4.69) is 15.8 Å². The largest absolute Gasteiger partial charge is 0.396 e. The van der Waals surface area contributed by atoms with Crippen LogP contribution in [0.3, 0.4) is 0 Å². The van der Waals surface area contributed by atoms with Crippen LogP contribution in [0.25, 0.3) is 0 Å². The summed E-state index contributed by atoms with van der Waals surface area (Å²) in [5.74, 6) is 1.00. The second kappa shape index (κ2) is 8.91. The van der Waals surface area contributed by atoms with Gasteiger partial charge in [0, 0.05) is 37.1 Å². The molecule has 0 saturated heterocycles. The highest BCUT2D eigenvalue weighted by Crippen LogP contribution is 2.23. The minimum Gasteiger partial charge on any atom is -0.396 e. The maximum absolute atomic E-state index is 12.2. The number of carbonyl (C=O) groups is 1. The van der Waals surface area contributed by atoms with Crippen LogP contribution in [0.5, 0.6) is 0 Å². The maximum Gasteiger partial charge on any atom is 0.315 e. The minimum absolute atomic E-state index is 0.0567. The number of nitrogens with one attached hydrogen (secondary N) is 2. The van der Waals surface area contributed by atoms with Crippen molar-refractivity contribution in [3.63, 3.8) is 0 Å². The molecule has 1 aromatic heterocycles. The number of nitrogens with zero attached hydrogens (tertiary/aromatic N) is 1. The van der Waals surface area contributed by atoms with Crippen molar-refractivity contribution in [1.29, 1.82) is 0 Å². The fourth-order valence-corrected chi connectivity index (χ4v) is 3.32. The second-order valence-corrected chi connectivity index (χ2v) is 6.25. The maximum atomic E-state index is 12.2. The number of aryl methyl sites for hydroxylation is 2. The predicted octanol–water partition coefficient (Wildman–Crippen LogP) is 2.54. The number of aromatic nitrogens is 1. The molecule has 6 nitrogen and oxygen atoms in total. The van der Waals surface area contributed by atoms with Crippen LogP contribution in [0.4, 0.5) is 4.79 Å². The normalized spacial score (nSPS) is 21.7. The zero-order valence-corrected chi connectivity index (χ0v) is 14.2. The lowest BCUT2D eigenvalue weighted by molar-refractivity contribution is 0.179. The Balaban J connectivity index is 1.90. The van der Waals surface area contributed by atoms with E-state index >= 15 is 0 Å². The van der Waals surface area contributed by atoms with E-state index < -0.39 is 0 Å². The molecule has 1 fully saturated rings. The number of urea groups is 1. The molecule has 2 amide bonds. The molecule has 1 aliphatic carbocycles. The van der Waals surface area contributed by atoms with Gasteiger partial charge in [-0.15, -0.1) is 0 Å². The molecular formula is C17H29N3O3. The Bertz CT molecular complexity index is 480. The summed E-state index contributed by atoms with van der Waals surface area (Å²) < 4.78 is 5.31. The average molecular weight is 323 g/mol. The Morgan fingerprint density at radius 3 is 2.74 bits per heavy atom. The molecule has 2 atom stereocenters. The van der Waals surface area contributed by atoms with Gasteiger partial charge >= 0.3 is 6.03 Å². The van der Waals surface area contributed by atoms with Gasteiger partial charge in [-0.25, -0.2) is 4.79 Å². The molecule has 1 aromatic rings.